The van der Waals surface area contributed by atoms with Crippen LogP contribution >= 0.6 is 0 Å². The predicted octanol–water partition coefficient (Wildman–Crippen LogP) is 2.34. The molecule has 1 aliphatic rings. The number of carbonyl (C=O) groups excluding carboxylic acids is 3. The maximum Gasteiger partial charge on any atom is 0.325 e. The van der Waals surface area contributed by atoms with Crippen molar-refractivity contribution >= 4 is 17.8 Å². The summed E-state index contributed by atoms with van der Waals surface area (Å²) < 4.78 is 13.2. The van der Waals surface area contributed by atoms with Gasteiger partial charge in [0.2, 0.25) is 5.91 Å². The smallest absolute Gasteiger partial charge is 0.325 e. The molecule has 0 saturated carbocycles. The number of imide groups is 1. The standard InChI is InChI=1S/C21H22FN3O3/c1-2-21(16-8-4-3-5-9-16)19(27)25(20(28)24-21)14-18(26)23-12-11-15-7-6-10-17(22)13-15/h3-10,13H,2,11-12,14H2,1H3,(H,23,26)(H,24,28). The van der Waals surface area contributed by atoms with Gasteiger partial charge in [-0.3, -0.25) is 14.5 Å². The Hall–Kier alpha value is -3.22. The minimum Gasteiger partial charge on any atom is -0.354 e. The van der Waals surface area contributed by atoms with Crippen LogP contribution in [0.5, 0.6) is 0 Å². The second-order valence-corrected chi connectivity index (χ2v) is 6.68. The average Bonchev–Trinajstić information content (AvgIpc) is 2.94. The molecule has 1 fully saturated rings. The summed E-state index contributed by atoms with van der Waals surface area (Å²) in [6, 6.07) is 14.5. The fraction of sp³-hybridized carbons (Fsp3) is 0.286. The number of amides is 4. The van der Waals surface area contributed by atoms with Gasteiger partial charge in [0.1, 0.15) is 17.9 Å². The van der Waals surface area contributed by atoms with Gasteiger partial charge in [-0.1, -0.05) is 49.4 Å². The zero-order valence-electron chi connectivity index (χ0n) is 15.6. The van der Waals surface area contributed by atoms with Gasteiger partial charge in [-0.05, 0) is 36.1 Å². The first-order valence-electron chi connectivity index (χ1n) is 9.17. The highest BCUT2D eigenvalue weighted by molar-refractivity contribution is 6.09. The molecular weight excluding hydrogens is 361 g/mol. The molecule has 6 nitrogen and oxygen atoms in total. The molecule has 1 heterocycles. The van der Waals surface area contributed by atoms with Crippen LogP contribution in [0.2, 0.25) is 0 Å². The normalized spacial score (nSPS) is 18.9. The molecule has 4 amide bonds. The molecule has 1 atom stereocenters. The van der Waals surface area contributed by atoms with Crippen LogP contribution in [-0.2, 0) is 21.5 Å². The lowest BCUT2D eigenvalue weighted by Gasteiger charge is -2.25. The third-order valence-electron chi connectivity index (χ3n) is 4.90. The fourth-order valence-corrected chi connectivity index (χ4v) is 3.37. The van der Waals surface area contributed by atoms with Crippen LogP contribution in [0, 0.1) is 5.82 Å². The largest absolute Gasteiger partial charge is 0.354 e. The van der Waals surface area contributed by atoms with E-state index in [-0.39, 0.29) is 18.9 Å². The van der Waals surface area contributed by atoms with Gasteiger partial charge in [0.05, 0.1) is 0 Å². The summed E-state index contributed by atoms with van der Waals surface area (Å²) >= 11 is 0. The Morgan fingerprint density at radius 1 is 1.14 bits per heavy atom. The second kappa shape index (κ2) is 8.21. The molecule has 2 N–H and O–H groups in total. The van der Waals surface area contributed by atoms with Crippen molar-refractivity contribution in [3.05, 3.63) is 71.5 Å². The lowest BCUT2D eigenvalue weighted by Crippen LogP contribution is -2.45. The van der Waals surface area contributed by atoms with E-state index in [1.54, 1.807) is 36.4 Å². The zero-order valence-corrected chi connectivity index (χ0v) is 15.6. The van der Waals surface area contributed by atoms with Crippen LogP contribution in [0.4, 0.5) is 9.18 Å². The number of hydrogen-bond donors (Lipinski definition) is 2. The number of nitrogens with one attached hydrogen (secondary N) is 2. The van der Waals surface area contributed by atoms with Gasteiger partial charge in [0.25, 0.3) is 5.91 Å². The first kappa shape index (κ1) is 19.5. The van der Waals surface area contributed by atoms with Gasteiger partial charge in [0.15, 0.2) is 0 Å². The SMILES string of the molecule is CCC1(c2ccccc2)NC(=O)N(CC(=O)NCCc2cccc(F)c2)C1=O. The molecule has 2 aromatic carbocycles. The van der Waals surface area contributed by atoms with Gasteiger partial charge in [0, 0.05) is 6.54 Å². The van der Waals surface area contributed by atoms with Crippen LogP contribution in [-0.4, -0.2) is 35.8 Å². The molecule has 0 radical (unpaired) electrons. The Morgan fingerprint density at radius 2 is 1.89 bits per heavy atom. The van der Waals surface area contributed by atoms with Crippen LogP contribution in [0.15, 0.2) is 54.6 Å². The van der Waals surface area contributed by atoms with Crippen molar-refractivity contribution in [3.63, 3.8) is 0 Å². The fourth-order valence-electron chi connectivity index (χ4n) is 3.37. The molecule has 7 heteroatoms. The molecule has 1 unspecified atom stereocenters. The van der Waals surface area contributed by atoms with E-state index in [1.165, 1.54) is 12.1 Å². The molecule has 0 aromatic heterocycles. The number of benzene rings is 2. The topological polar surface area (TPSA) is 78.5 Å². The Morgan fingerprint density at radius 3 is 2.57 bits per heavy atom. The molecule has 1 saturated heterocycles. The summed E-state index contributed by atoms with van der Waals surface area (Å²) in [4.78, 5) is 38.5. The maximum atomic E-state index is 13.2. The first-order chi connectivity index (χ1) is 13.5. The molecule has 0 aliphatic carbocycles. The quantitative estimate of drug-likeness (QED) is 0.721. The van der Waals surface area contributed by atoms with Crippen molar-refractivity contribution in [2.75, 3.05) is 13.1 Å². The highest BCUT2D eigenvalue weighted by atomic mass is 19.1. The van der Waals surface area contributed by atoms with Crippen molar-refractivity contribution in [1.29, 1.82) is 0 Å². The van der Waals surface area contributed by atoms with Gasteiger partial charge in [-0.15, -0.1) is 0 Å². The Balaban J connectivity index is 1.61. The molecule has 28 heavy (non-hydrogen) atoms. The average molecular weight is 383 g/mol. The van der Waals surface area contributed by atoms with E-state index in [4.69, 9.17) is 0 Å². The molecule has 0 bridgehead atoms. The van der Waals surface area contributed by atoms with E-state index in [2.05, 4.69) is 10.6 Å². The second-order valence-electron chi connectivity index (χ2n) is 6.68. The van der Waals surface area contributed by atoms with Crippen molar-refractivity contribution in [1.82, 2.24) is 15.5 Å². The third kappa shape index (κ3) is 3.88. The van der Waals surface area contributed by atoms with Crippen molar-refractivity contribution in [2.24, 2.45) is 0 Å². The number of urea groups is 1. The van der Waals surface area contributed by atoms with Gasteiger partial charge < -0.3 is 10.6 Å². The summed E-state index contributed by atoms with van der Waals surface area (Å²) in [5.41, 5.74) is 0.287. The molecule has 1 aliphatic heterocycles. The third-order valence-corrected chi connectivity index (χ3v) is 4.90. The van der Waals surface area contributed by atoms with Crippen LogP contribution in [0.3, 0.4) is 0 Å². The summed E-state index contributed by atoms with van der Waals surface area (Å²) in [5, 5.41) is 5.41. The van der Waals surface area contributed by atoms with Crippen molar-refractivity contribution in [2.45, 2.75) is 25.3 Å². The van der Waals surface area contributed by atoms with E-state index < -0.39 is 23.4 Å². The van der Waals surface area contributed by atoms with E-state index in [9.17, 15) is 18.8 Å². The van der Waals surface area contributed by atoms with E-state index >= 15 is 0 Å². The minimum absolute atomic E-state index is 0.281. The molecule has 0 spiro atoms. The number of halogens is 1. The summed E-state index contributed by atoms with van der Waals surface area (Å²) in [6.45, 7) is 1.74. The Kier molecular flexibility index (Phi) is 5.73. The van der Waals surface area contributed by atoms with Gasteiger partial charge in [-0.25, -0.2) is 9.18 Å². The minimum atomic E-state index is -1.15. The predicted molar refractivity (Wildman–Crippen MR) is 102 cm³/mol. The Labute approximate surface area is 162 Å². The van der Waals surface area contributed by atoms with Crippen LogP contribution in [0.25, 0.3) is 0 Å². The zero-order chi connectivity index (χ0) is 20.1. The number of rotatable bonds is 7. The highest BCUT2D eigenvalue weighted by Gasteiger charge is 2.51. The van der Waals surface area contributed by atoms with Gasteiger partial charge in [-0.2, -0.15) is 0 Å². The first-order valence-corrected chi connectivity index (χ1v) is 9.17. The molecule has 146 valence electrons. The lowest BCUT2D eigenvalue weighted by atomic mass is 9.87. The highest BCUT2D eigenvalue weighted by Crippen LogP contribution is 2.32. The molecule has 3 rings (SSSR count). The van der Waals surface area contributed by atoms with E-state index in [0.29, 0.717) is 18.4 Å². The van der Waals surface area contributed by atoms with Crippen LogP contribution in [0.1, 0.15) is 24.5 Å². The summed E-state index contributed by atoms with van der Waals surface area (Å²) in [7, 11) is 0. The van der Waals surface area contributed by atoms with Crippen molar-refractivity contribution in [3.8, 4) is 0 Å². The maximum absolute atomic E-state index is 13.2. The van der Waals surface area contributed by atoms with Crippen molar-refractivity contribution < 1.29 is 18.8 Å². The van der Waals surface area contributed by atoms with Crippen LogP contribution < -0.4 is 10.6 Å². The monoisotopic (exact) mass is 383 g/mol. The van der Waals surface area contributed by atoms with Gasteiger partial charge >= 0.3 is 6.03 Å². The van der Waals surface area contributed by atoms with E-state index in [1.807, 2.05) is 13.0 Å². The molecular formula is C21H22FN3O3. The Bertz CT molecular complexity index is 887. The van der Waals surface area contributed by atoms with E-state index in [0.717, 1.165) is 10.5 Å². The summed E-state index contributed by atoms with van der Waals surface area (Å²) in [5.74, 6) is -1.22. The molecule has 2 aromatic rings. The summed E-state index contributed by atoms with van der Waals surface area (Å²) in [6.07, 6.45) is 0.825. The number of hydrogen-bond acceptors (Lipinski definition) is 3. The lowest BCUT2D eigenvalue weighted by molar-refractivity contribution is -0.135. The number of nitrogens with zero attached hydrogens (tertiary/aromatic N) is 1. The number of carbonyl (C=O) groups is 3.